The molecule has 1 atom stereocenters. The molecular weight excluding hydrogens is 419 g/mol. The summed E-state index contributed by atoms with van der Waals surface area (Å²) in [5.74, 6) is -0.141. The van der Waals surface area contributed by atoms with E-state index in [4.69, 9.17) is 11.6 Å². The fourth-order valence-electron chi connectivity index (χ4n) is 2.78. The number of nitrogens with zero attached hydrogens (tertiary/aromatic N) is 2. The highest BCUT2D eigenvalue weighted by atomic mass is 35.5. The van der Waals surface area contributed by atoms with Crippen molar-refractivity contribution < 1.29 is 26.4 Å². The van der Waals surface area contributed by atoms with Crippen molar-refractivity contribution in [3.8, 4) is 0 Å². The van der Waals surface area contributed by atoms with Gasteiger partial charge in [-0.15, -0.1) is 0 Å². The van der Waals surface area contributed by atoms with E-state index < -0.39 is 31.7 Å². The number of hydrogen-bond donors (Lipinski definition) is 1. The van der Waals surface area contributed by atoms with E-state index >= 15 is 0 Å². The van der Waals surface area contributed by atoms with Crippen molar-refractivity contribution in [3.63, 3.8) is 0 Å². The summed E-state index contributed by atoms with van der Waals surface area (Å²) < 4.78 is 65.6. The van der Waals surface area contributed by atoms with E-state index in [-0.39, 0.29) is 31.6 Å². The highest BCUT2D eigenvalue weighted by molar-refractivity contribution is 7.89. The van der Waals surface area contributed by atoms with Crippen molar-refractivity contribution in [1.29, 1.82) is 0 Å². The number of halogens is 4. The Hall–Kier alpha value is -1.36. The monoisotopic (exact) mass is 441 g/mol. The Morgan fingerprint density at radius 2 is 1.86 bits per heavy atom. The number of piperazine rings is 1. The summed E-state index contributed by atoms with van der Waals surface area (Å²) in [4.78, 5) is 13.3. The van der Waals surface area contributed by atoms with Crippen LogP contribution in [0.2, 0.25) is 5.02 Å². The quantitative estimate of drug-likeness (QED) is 0.736. The van der Waals surface area contributed by atoms with Crippen LogP contribution in [0, 0.1) is 0 Å². The maximum Gasteiger partial charge on any atom is 0.417 e. The summed E-state index contributed by atoms with van der Waals surface area (Å²) in [5.41, 5.74) is -1.18. The number of carbonyl (C=O) groups excluding carboxylic acids is 1. The van der Waals surface area contributed by atoms with Crippen LogP contribution in [0.5, 0.6) is 0 Å². The van der Waals surface area contributed by atoms with Crippen LogP contribution in [0.3, 0.4) is 0 Å². The molecule has 1 fully saturated rings. The molecule has 11 heteroatoms. The number of sulfonamides is 1. The van der Waals surface area contributed by atoms with Crippen LogP contribution in [-0.2, 0) is 21.0 Å². The van der Waals surface area contributed by atoms with Gasteiger partial charge in [-0.3, -0.25) is 9.69 Å². The zero-order valence-corrected chi connectivity index (χ0v) is 17.2. The highest BCUT2D eigenvalue weighted by Crippen LogP contribution is 2.36. The van der Waals surface area contributed by atoms with E-state index in [9.17, 15) is 26.4 Å². The first-order chi connectivity index (χ1) is 12.9. The summed E-state index contributed by atoms with van der Waals surface area (Å²) in [6.07, 6.45) is -3.94. The van der Waals surface area contributed by atoms with Crippen LogP contribution >= 0.6 is 11.6 Å². The molecule has 0 radical (unpaired) electrons. The molecule has 0 aromatic heterocycles. The van der Waals surface area contributed by atoms with Gasteiger partial charge in [0.05, 0.1) is 22.0 Å². The van der Waals surface area contributed by atoms with Gasteiger partial charge in [-0.25, -0.2) is 8.42 Å². The number of nitrogens with one attached hydrogen (secondary N) is 1. The number of rotatable bonds is 6. The second-order valence-corrected chi connectivity index (χ2v) is 9.04. The second-order valence-electron chi connectivity index (χ2n) is 6.70. The molecular formula is C17H23ClF3N3O3S. The standard InChI is InChI=1S/C17H23ClF3N3O3S/c1-3-12(2)22-16(25)11-23-6-8-24(9-7-23)28(26,27)13-4-5-15(18)14(10-13)17(19,20)21/h4-5,10,12H,3,6-9,11H2,1-2H3,(H,22,25)/t12-/m0/s1. The summed E-state index contributed by atoms with van der Waals surface area (Å²) in [5, 5.41) is 2.29. The molecule has 6 nitrogen and oxygen atoms in total. The SMILES string of the molecule is CC[C@H](C)NC(=O)CN1CCN(S(=O)(=O)c2ccc(Cl)c(C(F)(F)F)c2)CC1. The molecule has 1 heterocycles. The molecule has 1 saturated heterocycles. The van der Waals surface area contributed by atoms with E-state index in [1.165, 1.54) is 0 Å². The highest BCUT2D eigenvalue weighted by Gasteiger charge is 2.36. The number of amides is 1. The third-order valence-corrected chi connectivity index (χ3v) is 6.82. The van der Waals surface area contributed by atoms with Crippen LogP contribution in [0.1, 0.15) is 25.8 Å². The van der Waals surface area contributed by atoms with Crippen molar-refractivity contribution in [2.45, 2.75) is 37.4 Å². The molecule has 0 spiro atoms. The molecule has 1 aromatic carbocycles. The largest absolute Gasteiger partial charge is 0.417 e. The summed E-state index contributed by atoms with van der Waals surface area (Å²) in [6.45, 7) is 4.79. The van der Waals surface area contributed by atoms with E-state index in [1.807, 2.05) is 18.7 Å². The molecule has 158 valence electrons. The van der Waals surface area contributed by atoms with Crippen molar-refractivity contribution in [2.75, 3.05) is 32.7 Å². The normalized spacial score (nSPS) is 18.1. The van der Waals surface area contributed by atoms with Gasteiger partial charge in [-0.05, 0) is 31.5 Å². The zero-order valence-electron chi connectivity index (χ0n) is 15.6. The predicted molar refractivity (Wildman–Crippen MR) is 99.5 cm³/mol. The van der Waals surface area contributed by atoms with Crippen LogP contribution in [-0.4, -0.2) is 62.3 Å². The smallest absolute Gasteiger partial charge is 0.353 e. The minimum Gasteiger partial charge on any atom is -0.353 e. The third kappa shape index (κ3) is 5.59. The fourth-order valence-corrected chi connectivity index (χ4v) is 4.46. The van der Waals surface area contributed by atoms with Gasteiger partial charge in [0.1, 0.15) is 0 Å². The van der Waals surface area contributed by atoms with Crippen LogP contribution < -0.4 is 5.32 Å². The Balaban J connectivity index is 2.05. The lowest BCUT2D eigenvalue weighted by Crippen LogP contribution is -2.51. The second kappa shape index (κ2) is 8.98. The van der Waals surface area contributed by atoms with Crippen molar-refractivity contribution in [3.05, 3.63) is 28.8 Å². The number of hydrogen-bond acceptors (Lipinski definition) is 4. The van der Waals surface area contributed by atoms with Crippen LogP contribution in [0.4, 0.5) is 13.2 Å². The molecule has 1 aliphatic rings. The van der Waals surface area contributed by atoms with Crippen LogP contribution in [0.25, 0.3) is 0 Å². The van der Waals surface area contributed by atoms with Crippen molar-refractivity contribution in [2.24, 2.45) is 0 Å². The first kappa shape index (κ1) is 22.9. The van der Waals surface area contributed by atoms with E-state index in [2.05, 4.69) is 5.32 Å². The molecule has 28 heavy (non-hydrogen) atoms. The van der Waals surface area contributed by atoms with E-state index in [1.54, 1.807) is 0 Å². The lowest BCUT2D eigenvalue weighted by molar-refractivity contribution is -0.137. The lowest BCUT2D eigenvalue weighted by Gasteiger charge is -2.33. The Morgan fingerprint density at radius 3 is 2.39 bits per heavy atom. The maximum absolute atomic E-state index is 13.0. The number of benzene rings is 1. The number of carbonyl (C=O) groups is 1. The minimum absolute atomic E-state index is 0.0573. The molecule has 0 aliphatic carbocycles. The topological polar surface area (TPSA) is 69.7 Å². The molecule has 1 amide bonds. The maximum atomic E-state index is 13.0. The molecule has 1 aliphatic heterocycles. The van der Waals surface area contributed by atoms with E-state index in [0.29, 0.717) is 19.2 Å². The number of alkyl halides is 3. The Bertz CT molecular complexity index is 810. The van der Waals surface area contributed by atoms with E-state index in [0.717, 1.165) is 22.9 Å². The molecule has 0 unspecified atom stereocenters. The average Bonchev–Trinajstić information content (AvgIpc) is 2.61. The first-order valence-electron chi connectivity index (χ1n) is 8.83. The van der Waals surface area contributed by atoms with Crippen molar-refractivity contribution in [1.82, 2.24) is 14.5 Å². The Kier molecular flexibility index (Phi) is 7.35. The lowest BCUT2D eigenvalue weighted by atomic mass is 10.2. The van der Waals surface area contributed by atoms with Gasteiger partial charge >= 0.3 is 6.18 Å². The first-order valence-corrected chi connectivity index (χ1v) is 10.7. The van der Waals surface area contributed by atoms with Gasteiger partial charge in [0.25, 0.3) is 0 Å². The Morgan fingerprint density at radius 1 is 1.25 bits per heavy atom. The van der Waals surface area contributed by atoms with Crippen molar-refractivity contribution >= 4 is 27.5 Å². The van der Waals surface area contributed by atoms with Gasteiger partial charge in [-0.2, -0.15) is 17.5 Å². The Labute approximate surface area is 167 Å². The molecule has 0 saturated carbocycles. The summed E-state index contributed by atoms with van der Waals surface area (Å²) >= 11 is 5.56. The third-order valence-electron chi connectivity index (χ3n) is 4.60. The van der Waals surface area contributed by atoms with Gasteiger partial charge in [-0.1, -0.05) is 18.5 Å². The van der Waals surface area contributed by atoms with Crippen LogP contribution in [0.15, 0.2) is 23.1 Å². The average molecular weight is 442 g/mol. The van der Waals surface area contributed by atoms with Gasteiger partial charge in [0, 0.05) is 32.2 Å². The summed E-state index contributed by atoms with van der Waals surface area (Å²) in [6, 6.07) is 2.62. The molecule has 1 N–H and O–H groups in total. The minimum atomic E-state index is -4.75. The fraction of sp³-hybridized carbons (Fsp3) is 0.588. The van der Waals surface area contributed by atoms with Gasteiger partial charge < -0.3 is 5.32 Å². The van der Waals surface area contributed by atoms with Gasteiger partial charge in [0.15, 0.2) is 0 Å². The molecule has 2 rings (SSSR count). The zero-order chi connectivity index (χ0) is 21.1. The van der Waals surface area contributed by atoms with Gasteiger partial charge in [0.2, 0.25) is 15.9 Å². The predicted octanol–water partition coefficient (Wildman–Crippen LogP) is 2.58. The molecule has 0 bridgehead atoms. The molecule has 1 aromatic rings. The summed E-state index contributed by atoms with van der Waals surface area (Å²) in [7, 11) is -4.09.